The molecule has 4 nitrogen and oxygen atoms in total. The maximum atomic E-state index is 12.9. The van der Waals surface area contributed by atoms with Gasteiger partial charge in [0, 0.05) is 23.4 Å². The zero-order valence-electron chi connectivity index (χ0n) is 10.4. The highest BCUT2D eigenvalue weighted by Gasteiger charge is 2.19. The van der Waals surface area contributed by atoms with Crippen LogP contribution in [0.25, 0.3) is 0 Å². The van der Waals surface area contributed by atoms with E-state index in [-0.39, 0.29) is 17.4 Å². The van der Waals surface area contributed by atoms with Crippen LogP contribution in [0.1, 0.15) is 31.8 Å². The molecule has 6 heteroatoms. The second kappa shape index (κ2) is 6.69. The number of hydrogen-bond acceptors (Lipinski definition) is 3. The van der Waals surface area contributed by atoms with Gasteiger partial charge in [0.15, 0.2) is 0 Å². The summed E-state index contributed by atoms with van der Waals surface area (Å²) in [4.78, 5) is 9.87. The molecule has 102 valence electrons. The minimum absolute atomic E-state index is 0.136. The number of rotatable bonds is 6. The molecule has 0 fully saturated rings. The van der Waals surface area contributed by atoms with Crippen LogP contribution in [-0.2, 0) is 0 Å². The third kappa shape index (κ3) is 3.91. The summed E-state index contributed by atoms with van der Waals surface area (Å²) in [6.45, 7) is 1.93. The number of nitrogens with zero attached hydrogens (tertiary/aromatic N) is 1. The Labute approximate surface area is 110 Å². The number of hydrogen-bond donors (Lipinski definition) is 1. The Morgan fingerprint density at radius 1 is 1.53 bits per heavy atom. The second-order valence-electron chi connectivity index (χ2n) is 3.98. The lowest BCUT2D eigenvalue weighted by Crippen LogP contribution is -2.18. The zero-order chi connectivity index (χ0) is 14.4. The van der Waals surface area contributed by atoms with E-state index in [1.807, 2.05) is 6.92 Å². The van der Waals surface area contributed by atoms with Crippen molar-refractivity contribution in [2.45, 2.75) is 32.2 Å². The van der Waals surface area contributed by atoms with Crippen molar-refractivity contribution in [3.05, 3.63) is 33.9 Å². The molecule has 0 spiro atoms. The van der Waals surface area contributed by atoms with Crippen LogP contribution in [-0.4, -0.2) is 11.0 Å². The fourth-order valence-electron chi connectivity index (χ4n) is 1.65. The molecule has 0 aliphatic rings. The van der Waals surface area contributed by atoms with Gasteiger partial charge in [0.05, 0.1) is 11.0 Å². The first kappa shape index (κ1) is 14.9. The van der Waals surface area contributed by atoms with E-state index in [0.717, 1.165) is 12.5 Å². The first-order chi connectivity index (χ1) is 8.99. The summed E-state index contributed by atoms with van der Waals surface area (Å²) in [7, 11) is 0. The van der Waals surface area contributed by atoms with Gasteiger partial charge in [-0.1, -0.05) is 19.3 Å². The van der Waals surface area contributed by atoms with Gasteiger partial charge in [-0.15, -0.1) is 6.42 Å². The molecular weight excluding hydrogens is 254 g/mol. The standard InChI is InChI=1S/C13H14F2N2O2/c1-3-5-9(4-2)16-12-7-6-10(17(18)19)8-11(12)13(14)15/h2,6-9,13,16H,3,5H2,1H3. The van der Waals surface area contributed by atoms with Crippen molar-refractivity contribution >= 4 is 11.4 Å². The van der Waals surface area contributed by atoms with Gasteiger partial charge in [-0.2, -0.15) is 0 Å². The molecule has 1 rings (SSSR count). The number of alkyl halides is 2. The van der Waals surface area contributed by atoms with E-state index >= 15 is 0 Å². The molecular formula is C13H14F2N2O2. The van der Waals surface area contributed by atoms with E-state index in [2.05, 4.69) is 11.2 Å². The largest absolute Gasteiger partial charge is 0.371 e. The highest BCUT2D eigenvalue weighted by atomic mass is 19.3. The van der Waals surface area contributed by atoms with Crippen molar-refractivity contribution in [2.24, 2.45) is 0 Å². The molecule has 0 saturated heterocycles. The molecule has 0 radical (unpaired) electrons. The number of nitro benzene ring substituents is 1. The molecule has 0 amide bonds. The molecule has 1 aromatic carbocycles. The maximum absolute atomic E-state index is 12.9. The van der Waals surface area contributed by atoms with Crippen molar-refractivity contribution in [1.82, 2.24) is 0 Å². The summed E-state index contributed by atoms with van der Waals surface area (Å²) in [5.74, 6) is 2.47. The van der Waals surface area contributed by atoms with Gasteiger partial charge in [0.2, 0.25) is 0 Å². The number of benzene rings is 1. The lowest BCUT2D eigenvalue weighted by molar-refractivity contribution is -0.385. The number of halogens is 2. The topological polar surface area (TPSA) is 55.2 Å². The number of non-ortho nitro benzene ring substituents is 1. The van der Waals surface area contributed by atoms with Crippen molar-refractivity contribution in [1.29, 1.82) is 0 Å². The monoisotopic (exact) mass is 268 g/mol. The van der Waals surface area contributed by atoms with Crippen LogP contribution in [0.5, 0.6) is 0 Å². The maximum Gasteiger partial charge on any atom is 0.270 e. The molecule has 1 unspecified atom stereocenters. The van der Waals surface area contributed by atoms with Crippen LogP contribution in [0.3, 0.4) is 0 Å². The molecule has 19 heavy (non-hydrogen) atoms. The van der Waals surface area contributed by atoms with Crippen LogP contribution in [0, 0.1) is 22.5 Å². The Morgan fingerprint density at radius 2 is 2.21 bits per heavy atom. The van der Waals surface area contributed by atoms with Crippen molar-refractivity contribution < 1.29 is 13.7 Å². The van der Waals surface area contributed by atoms with E-state index < -0.39 is 16.9 Å². The number of nitrogens with one attached hydrogen (secondary N) is 1. The first-order valence-corrected chi connectivity index (χ1v) is 5.78. The average Bonchev–Trinajstić information content (AvgIpc) is 2.37. The molecule has 0 bridgehead atoms. The molecule has 1 aromatic rings. The quantitative estimate of drug-likeness (QED) is 0.485. The van der Waals surface area contributed by atoms with Gasteiger partial charge in [-0.05, 0) is 12.5 Å². The summed E-state index contributed by atoms with van der Waals surface area (Å²) in [6, 6.07) is 2.93. The highest BCUT2D eigenvalue weighted by Crippen LogP contribution is 2.31. The molecule has 0 heterocycles. The zero-order valence-corrected chi connectivity index (χ0v) is 10.4. The molecule has 0 aromatic heterocycles. The average molecular weight is 268 g/mol. The third-order valence-corrected chi connectivity index (χ3v) is 2.59. The normalized spacial score (nSPS) is 11.9. The number of anilines is 1. The second-order valence-corrected chi connectivity index (χ2v) is 3.98. The van der Waals surface area contributed by atoms with Gasteiger partial charge < -0.3 is 5.32 Å². The van der Waals surface area contributed by atoms with Crippen LogP contribution in [0.2, 0.25) is 0 Å². The molecule has 1 atom stereocenters. The van der Waals surface area contributed by atoms with Gasteiger partial charge in [0.1, 0.15) is 0 Å². The van der Waals surface area contributed by atoms with Crippen LogP contribution < -0.4 is 5.32 Å². The minimum Gasteiger partial charge on any atom is -0.371 e. The Kier molecular flexibility index (Phi) is 5.24. The summed E-state index contributed by atoms with van der Waals surface area (Å²) < 4.78 is 25.8. The molecule has 0 aliphatic carbocycles. The van der Waals surface area contributed by atoms with Crippen molar-refractivity contribution in [3.8, 4) is 12.3 Å². The smallest absolute Gasteiger partial charge is 0.270 e. The summed E-state index contributed by atoms with van der Waals surface area (Å²) in [5, 5.41) is 13.4. The Balaban J connectivity index is 3.06. The van der Waals surface area contributed by atoms with Crippen molar-refractivity contribution in [3.63, 3.8) is 0 Å². The fourth-order valence-corrected chi connectivity index (χ4v) is 1.65. The first-order valence-electron chi connectivity index (χ1n) is 5.78. The van der Waals surface area contributed by atoms with Gasteiger partial charge in [0.25, 0.3) is 12.1 Å². The summed E-state index contributed by atoms with van der Waals surface area (Å²) >= 11 is 0. The predicted molar refractivity (Wildman–Crippen MR) is 69.2 cm³/mol. The fraction of sp³-hybridized carbons (Fsp3) is 0.385. The highest BCUT2D eigenvalue weighted by molar-refractivity contribution is 5.57. The van der Waals surface area contributed by atoms with E-state index in [4.69, 9.17) is 6.42 Å². The van der Waals surface area contributed by atoms with E-state index in [1.165, 1.54) is 12.1 Å². The van der Waals surface area contributed by atoms with Gasteiger partial charge in [-0.25, -0.2) is 8.78 Å². The number of nitro groups is 1. The molecule has 0 saturated carbocycles. The van der Waals surface area contributed by atoms with Gasteiger partial charge in [-0.3, -0.25) is 10.1 Å². The van der Waals surface area contributed by atoms with E-state index in [9.17, 15) is 18.9 Å². The predicted octanol–water partition coefficient (Wildman–Crippen LogP) is 3.75. The lowest BCUT2D eigenvalue weighted by atomic mass is 10.1. The summed E-state index contributed by atoms with van der Waals surface area (Å²) in [6.07, 6.45) is 3.94. The van der Waals surface area contributed by atoms with Gasteiger partial charge >= 0.3 is 0 Å². The van der Waals surface area contributed by atoms with Crippen LogP contribution in [0.15, 0.2) is 18.2 Å². The molecule has 1 N–H and O–H groups in total. The third-order valence-electron chi connectivity index (χ3n) is 2.59. The van der Waals surface area contributed by atoms with E-state index in [0.29, 0.717) is 6.42 Å². The van der Waals surface area contributed by atoms with Crippen molar-refractivity contribution in [2.75, 3.05) is 5.32 Å². The summed E-state index contributed by atoms with van der Waals surface area (Å²) in [5.41, 5.74) is -0.642. The lowest BCUT2D eigenvalue weighted by Gasteiger charge is -2.16. The van der Waals surface area contributed by atoms with Crippen LogP contribution in [0.4, 0.5) is 20.2 Å². The number of terminal acetylenes is 1. The Bertz CT molecular complexity index is 498. The SMILES string of the molecule is C#CC(CCC)Nc1ccc([N+](=O)[O-])cc1C(F)F. The van der Waals surface area contributed by atoms with Crippen LogP contribution >= 0.6 is 0 Å². The Hall–Kier alpha value is -2.16. The minimum atomic E-state index is -2.80. The van der Waals surface area contributed by atoms with E-state index in [1.54, 1.807) is 0 Å². The molecule has 0 aliphatic heterocycles. The Morgan fingerprint density at radius 3 is 2.68 bits per heavy atom.